The van der Waals surface area contributed by atoms with Gasteiger partial charge in [-0.1, -0.05) is 17.3 Å². The standard InChI is InChI=1S/C22H23N5O3/c1-27(14-15-2-4-17(5-3-15)22(29)24-18-6-7-18)20(28)9-8-19-25-21(26-30-19)16-10-12-23-13-11-16/h2-5,10-13,18H,6-9,14H2,1H3,(H,24,29). The number of amides is 2. The Hall–Kier alpha value is -3.55. The predicted molar refractivity (Wildman–Crippen MR) is 109 cm³/mol. The number of nitrogens with zero attached hydrogens (tertiary/aromatic N) is 4. The zero-order chi connectivity index (χ0) is 20.9. The quantitative estimate of drug-likeness (QED) is 0.618. The minimum atomic E-state index is -0.0424. The van der Waals surface area contributed by atoms with Crippen LogP contribution >= 0.6 is 0 Å². The highest BCUT2D eigenvalue weighted by molar-refractivity contribution is 5.94. The molecule has 3 aromatic rings. The van der Waals surface area contributed by atoms with Crippen molar-refractivity contribution in [1.29, 1.82) is 0 Å². The average Bonchev–Trinajstić information content (AvgIpc) is 3.46. The number of aromatic nitrogens is 3. The zero-order valence-corrected chi connectivity index (χ0v) is 16.7. The van der Waals surface area contributed by atoms with Crippen molar-refractivity contribution in [2.75, 3.05) is 7.05 Å². The fourth-order valence-corrected chi connectivity index (χ4v) is 3.00. The lowest BCUT2D eigenvalue weighted by molar-refractivity contribution is -0.130. The largest absolute Gasteiger partial charge is 0.349 e. The molecular formula is C22H23N5O3. The molecule has 2 aromatic heterocycles. The Morgan fingerprint density at radius 1 is 1.13 bits per heavy atom. The van der Waals surface area contributed by atoms with Gasteiger partial charge in [-0.2, -0.15) is 4.98 Å². The molecule has 0 radical (unpaired) electrons. The lowest BCUT2D eigenvalue weighted by atomic mass is 10.1. The number of carbonyl (C=O) groups is 2. The number of nitrogens with one attached hydrogen (secondary N) is 1. The molecule has 1 N–H and O–H groups in total. The third-order valence-electron chi connectivity index (χ3n) is 4.93. The van der Waals surface area contributed by atoms with Crippen LogP contribution in [0, 0.1) is 0 Å². The molecule has 8 heteroatoms. The van der Waals surface area contributed by atoms with Gasteiger partial charge in [-0.15, -0.1) is 0 Å². The molecule has 0 spiro atoms. The van der Waals surface area contributed by atoms with Gasteiger partial charge >= 0.3 is 0 Å². The molecule has 0 atom stereocenters. The highest BCUT2D eigenvalue weighted by Crippen LogP contribution is 2.19. The van der Waals surface area contributed by atoms with E-state index in [-0.39, 0.29) is 18.2 Å². The van der Waals surface area contributed by atoms with Crippen LogP contribution in [0.5, 0.6) is 0 Å². The smallest absolute Gasteiger partial charge is 0.251 e. The van der Waals surface area contributed by atoms with Crippen molar-refractivity contribution in [3.63, 3.8) is 0 Å². The Labute approximate surface area is 174 Å². The van der Waals surface area contributed by atoms with Crippen molar-refractivity contribution in [3.8, 4) is 11.4 Å². The van der Waals surface area contributed by atoms with Gasteiger partial charge < -0.3 is 14.7 Å². The SMILES string of the molecule is CN(Cc1ccc(C(=O)NC2CC2)cc1)C(=O)CCc1nc(-c2ccncc2)no1. The van der Waals surface area contributed by atoms with Crippen LogP contribution in [-0.2, 0) is 17.8 Å². The highest BCUT2D eigenvalue weighted by atomic mass is 16.5. The first-order valence-electron chi connectivity index (χ1n) is 9.95. The molecule has 1 aliphatic carbocycles. The second-order valence-electron chi connectivity index (χ2n) is 7.44. The molecule has 1 aliphatic rings. The summed E-state index contributed by atoms with van der Waals surface area (Å²) in [6.07, 6.45) is 6.10. The first kappa shape index (κ1) is 19.8. The number of hydrogen-bond acceptors (Lipinski definition) is 6. The van der Waals surface area contributed by atoms with Gasteiger partial charge in [0, 0.05) is 56.0 Å². The molecule has 2 heterocycles. The highest BCUT2D eigenvalue weighted by Gasteiger charge is 2.23. The third kappa shape index (κ3) is 5.08. The van der Waals surface area contributed by atoms with Crippen molar-refractivity contribution in [3.05, 3.63) is 65.8 Å². The van der Waals surface area contributed by atoms with Gasteiger partial charge in [-0.25, -0.2) is 0 Å². The van der Waals surface area contributed by atoms with E-state index in [2.05, 4.69) is 20.4 Å². The summed E-state index contributed by atoms with van der Waals surface area (Å²) in [5, 5.41) is 6.92. The first-order chi connectivity index (χ1) is 14.6. The second kappa shape index (κ2) is 8.86. The van der Waals surface area contributed by atoms with E-state index in [4.69, 9.17) is 4.52 Å². The monoisotopic (exact) mass is 405 g/mol. The van der Waals surface area contributed by atoms with Gasteiger partial charge in [0.1, 0.15) is 0 Å². The van der Waals surface area contributed by atoms with Crippen molar-refractivity contribution in [1.82, 2.24) is 25.3 Å². The fourth-order valence-electron chi connectivity index (χ4n) is 3.00. The molecule has 1 aromatic carbocycles. The molecule has 0 bridgehead atoms. The summed E-state index contributed by atoms with van der Waals surface area (Å²) < 4.78 is 5.24. The van der Waals surface area contributed by atoms with Crippen LogP contribution in [0.4, 0.5) is 0 Å². The number of hydrogen-bond donors (Lipinski definition) is 1. The Kier molecular flexibility index (Phi) is 5.83. The van der Waals surface area contributed by atoms with Crippen molar-refractivity contribution >= 4 is 11.8 Å². The Morgan fingerprint density at radius 3 is 2.57 bits per heavy atom. The molecule has 0 saturated heterocycles. The summed E-state index contributed by atoms with van der Waals surface area (Å²) in [4.78, 5) is 34.5. The fraction of sp³-hybridized carbons (Fsp3) is 0.318. The Bertz CT molecular complexity index is 1010. The molecule has 30 heavy (non-hydrogen) atoms. The number of benzene rings is 1. The van der Waals surface area contributed by atoms with Crippen LogP contribution in [0.1, 0.15) is 41.1 Å². The lowest BCUT2D eigenvalue weighted by Crippen LogP contribution is -2.27. The predicted octanol–water partition coefficient (Wildman–Crippen LogP) is 2.62. The third-order valence-corrected chi connectivity index (χ3v) is 4.93. The van der Waals surface area contributed by atoms with E-state index >= 15 is 0 Å². The maximum Gasteiger partial charge on any atom is 0.251 e. The molecule has 0 aliphatic heterocycles. The summed E-state index contributed by atoms with van der Waals surface area (Å²) in [5.74, 6) is 0.849. The van der Waals surface area contributed by atoms with Crippen LogP contribution < -0.4 is 5.32 Å². The van der Waals surface area contributed by atoms with Crippen LogP contribution in [-0.4, -0.2) is 44.9 Å². The molecule has 8 nitrogen and oxygen atoms in total. The van der Waals surface area contributed by atoms with Crippen LogP contribution in [0.3, 0.4) is 0 Å². The van der Waals surface area contributed by atoms with Crippen LogP contribution in [0.2, 0.25) is 0 Å². The van der Waals surface area contributed by atoms with E-state index in [1.807, 2.05) is 12.1 Å². The zero-order valence-electron chi connectivity index (χ0n) is 16.7. The molecule has 2 amide bonds. The lowest BCUT2D eigenvalue weighted by Gasteiger charge is -2.17. The summed E-state index contributed by atoms with van der Waals surface area (Å²) in [7, 11) is 1.76. The molecule has 1 saturated carbocycles. The molecule has 0 unspecified atom stereocenters. The van der Waals surface area contributed by atoms with Crippen LogP contribution in [0.25, 0.3) is 11.4 Å². The molecular weight excluding hydrogens is 382 g/mol. The Balaban J connectivity index is 1.26. The number of aryl methyl sites for hydroxylation is 1. The normalized spacial score (nSPS) is 13.1. The number of carbonyl (C=O) groups excluding carboxylic acids is 2. The van der Waals surface area contributed by atoms with E-state index in [0.29, 0.717) is 36.3 Å². The maximum atomic E-state index is 12.5. The van der Waals surface area contributed by atoms with E-state index < -0.39 is 0 Å². The van der Waals surface area contributed by atoms with Crippen molar-refractivity contribution in [2.45, 2.75) is 38.3 Å². The minimum Gasteiger partial charge on any atom is -0.349 e. The van der Waals surface area contributed by atoms with Crippen LogP contribution in [0.15, 0.2) is 53.3 Å². The first-order valence-corrected chi connectivity index (χ1v) is 9.95. The number of rotatable bonds is 8. The molecule has 154 valence electrons. The maximum absolute atomic E-state index is 12.5. The van der Waals surface area contributed by atoms with E-state index in [1.54, 1.807) is 48.6 Å². The molecule has 1 fully saturated rings. The van der Waals surface area contributed by atoms with Crippen molar-refractivity contribution in [2.24, 2.45) is 0 Å². The van der Waals surface area contributed by atoms with E-state index in [0.717, 1.165) is 24.0 Å². The van der Waals surface area contributed by atoms with Gasteiger partial charge in [0.2, 0.25) is 17.6 Å². The van der Waals surface area contributed by atoms with Gasteiger partial charge in [0.15, 0.2) is 0 Å². The average molecular weight is 405 g/mol. The van der Waals surface area contributed by atoms with Gasteiger partial charge in [-0.05, 0) is 42.7 Å². The van der Waals surface area contributed by atoms with Gasteiger partial charge in [0.05, 0.1) is 0 Å². The van der Waals surface area contributed by atoms with E-state index in [1.165, 1.54) is 0 Å². The Morgan fingerprint density at radius 2 is 1.87 bits per heavy atom. The minimum absolute atomic E-state index is 0.0192. The topological polar surface area (TPSA) is 101 Å². The summed E-state index contributed by atoms with van der Waals surface area (Å²) in [5.41, 5.74) is 2.42. The summed E-state index contributed by atoms with van der Waals surface area (Å²) in [6.45, 7) is 0.468. The van der Waals surface area contributed by atoms with Gasteiger partial charge in [-0.3, -0.25) is 14.6 Å². The second-order valence-corrected chi connectivity index (χ2v) is 7.44. The van der Waals surface area contributed by atoms with Gasteiger partial charge in [0.25, 0.3) is 5.91 Å². The number of pyridine rings is 1. The van der Waals surface area contributed by atoms with Crippen molar-refractivity contribution < 1.29 is 14.1 Å². The summed E-state index contributed by atoms with van der Waals surface area (Å²) in [6, 6.07) is 11.3. The van der Waals surface area contributed by atoms with E-state index in [9.17, 15) is 9.59 Å². The molecule has 4 rings (SSSR count). The summed E-state index contributed by atoms with van der Waals surface area (Å²) >= 11 is 0.